The Balaban J connectivity index is 1.73. The van der Waals surface area contributed by atoms with Gasteiger partial charge in [-0.05, 0) is 62.8 Å². The van der Waals surface area contributed by atoms with Gasteiger partial charge in [-0.25, -0.2) is 4.39 Å². The minimum Gasteiger partial charge on any atom is -0.358 e. The van der Waals surface area contributed by atoms with Crippen molar-refractivity contribution in [3.63, 3.8) is 0 Å². The van der Waals surface area contributed by atoms with E-state index in [4.69, 9.17) is 0 Å². The van der Waals surface area contributed by atoms with E-state index in [1.165, 1.54) is 18.2 Å². The lowest BCUT2D eigenvalue weighted by Crippen LogP contribution is -2.36. The molecule has 3 N–H and O–H groups in total. The van der Waals surface area contributed by atoms with Gasteiger partial charge in [0.05, 0.1) is 11.1 Å². The van der Waals surface area contributed by atoms with Gasteiger partial charge >= 0.3 is 0 Å². The number of H-pyrrole nitrogens is 1. The number of hydrogen-bond donors (Lipinski definition) is 3. The highest BCUT2D eigenvalue weighted by molar-refractivity contribution is 6.55. The van der Waals surface area contributed by atoms with Gasteiger partial charge in [0, 0.05) is 44.5 Å². The Morgan fingerprint density at radius 1 is 1.25 bits per heavy atom. The maximum atomic E-state index is 13.7. The number of nitrogens with one attached hydrogen (secondary N) is 3. The molecule has 3 rings (SSSR count). The third-order valence-corrected chi connectivity index (χ3v) is 7.07. The summed E-state index contributed by atoms with van der Waals surface area (Å²) < 4.78 is 13.7. The van der Waals surface area contributed by atoms with Crippen LogP contribution in [0, 0.1) is 19.7 Å². The number of benzene rings is 1. The molecule has 171 valence electrons. The number of hydrogen-bond acceptors (Lipinski definition) is 3. The summed E-state index contributed by atoms with van der Waals surface area (Å²) in [6, 6.07) is 5.45. The molecule has 2 aromatic rings. The molecule has 0 saturated carbocycles. The maximum absolute atomic E-state index is 13.7. The number of amides is 2. The fourth-order valence-corrected chi connectivity index (χ4v) is 4.70. The summed E-state index contributed by atoms with van der Waals surface area (Å²) in [4.78, 5) is 30.9. The number of aromatic nitrogens is 1. The molecule has 1 aromatic heterocycles. The van der Waals surface area contributed by atoms with Crippen molar-refractivity contribution in [3.8, 4) is 0 Å². The smallest absolute Gasteiger partial charge is 0.256 e. The fourth-order valence-electron chi connectivity index (χ4n) is 3.93. The second-order valence-corrected chi connectivity index (χ2v) is 11.4. The molecule has 0 bridgehead atoms. The van der Waals surface area contributed by atoms with E-state index in [0.717, 1.165) is 30.9 Å². The SMILES string of the molecule is CCN(CCNC(=O)c1c(C)[nH]c(/C=C2\C(=O)Nc3ccc(F)cc32)c1C)CC[Si](C)C. The van der Waals surface area contributed by atoms with E-state index >= 15 is 0 Å². The minimum absolute atomic E-state index is 0.130. The van der Waals surface area contributed by atoms with Crippen LogP contribution in [0.15, 0.2) is 18.2 Å². The minimum atomic E-state index is -0.401. The summed E-state index contributed by atoms with van der Waals surface area (Å²) in [5.41, 5.74) is 4.25. The summed E-state index contributed by atoms with van der Waals surface area (Å²) in [7, 11) is -0.254. The number of likely N-dealkylation sites (N-methyl/N-ethyl adjacent to an activating group) is 1. The highest BCUT2D eigenvalue weighted by atomic mass is 28.3. The van der Waals surface area contributed by atoms with Gasteiger partial charge in [0.1, 0.15) is 5.82 Å². The van der Waals surface area contributed by atoms with Gasteiger partial charge in [-0.15, -0.1) is 0 Å². The molecular weight excluding hydrogens is 423 g/mol. The molecule has 0 atom stereocenters. The second kappa shape index (κ2) is 10.3. The first kappa shape index (κ1) is 23.9. The molecule has 0 fully saturated rings. The summed E-state index contributed by atoms with van der Waals surface area (Å²) in [6.45, 7) is 13.9. The molecule has 1 radical (unpaired) electrons. The molecule has 6 nitrogen and oxygen atoms in total. The molecule has 1 aromatic carbocycles. The van der Waals surface area contributed by atoms with Crippen molar-refractivity contribution in [1.82, 2.24) is 15.2 Å². The highest BCUT2D eigenvalue weighted by Crippen LogP contribution is 2.34. The third-order valence-electron chi connectivity index (χ3n) is 5.85. The van der Waals surface area contributed by atoms with Gasteiger partial charge in [-0.2, -0.15) is 0 Å². The van der Waals surface area contributed by atoms with Crippen LogP contribution in [-0.2, 0) is 4.79 Å². The van der Waals surface area contributed by atoms with Gasteiger partial charge in [0.2, 0.25) is 0 Å². The van der Waals surface area contributed by atoms with E-state index in [1.807, 2.05) is 13.8 Å². The molecule has 0 saturated heterocycles. The topological polar surface area (TPSA) is 77.2 Å². The second-order valence-electron chi connectivity index (χ2n) is 8.51. The molecule has 0 unspecified atom stereocenters. The first-order valence-electron chi connectivity index (χ1n) is 11.0. The number of nitrogens with zero attached hydrogens (tertiary/aromatic N) is 1. The molecular formula is C24H32FN4O2Si. The van der Waals surface area contributed by atoms with Crippen molar-refractivity contribution < 1.29 is 14.0 Å². The van der Waals surface area contributed by atoms with Gasteiger partial charge in [0.15, 0.2) is 0 Å². The fraction of sp³-hybridized carbons (Fsp3) is 0.417. The molecule has 0 spiro atoms. The van der Waals surface area contributed by atoms with Crippen molar-refractivity contribution >= 4 is 37.9 Å². The monoisotopic (exact) mass is 455 g/mol. The largest absolute Gasteiger partial charge is 0.358 e. The normalized spacial score (nSPS) is 14.4. The van der Waals surface area contributed by atoms with Gasteiger partial charge < -0.3 is 20.5 Å². The number of aryl methyl sites for hydroxylation is 1. The van der Waals surface area contributed by atoms with E-state index in [9.17, 15) is 14.0 Å². The molecule has 32 heavy (non-hydrogen) atoms. The molecule has 0 aliphatic carbocycles. The Labute approximate surface area is 190 Å². The summed E-state index contributed by atoms with van der Waals surface area (Å²) in [5, 5.41) is 5.78. The van der Waals surface area contributed by atoms with Crippen molar-refractivity contribution in [1.29, 1.82) is 0 Å². The van der Waals surface area contributed by atoms with Crippen LogP contribution in [0.3, 0.4) is 0 Å². The van der Waals surface area contributed by atoms with E-state index in [2.05, 4.69) is 40.5 Å². The number of carbonyl (C=O) groups is 2. The first-order valence-corrected chi connectivity index (χ1v) is 13.7. The summed E-state index contributed by atoms with van der Waals surface area (Å²) in [5.74, 6) is -0.816. The van der Waals surface area contributed by atoms with Crippen LogP contribution in [0.4, 0.5) is 10.1 Å². The zero-order chi connectivity index (χ0) is 23.4. The summed E-state index contributed by atoms with van der Waals surface area (Å²) >= 11 is 0. The average molecular weight is 456 g/mol. The number of carbonyl (C=O) groups excluding carboxylic acids is 2. The van der Waals surface area contributed by atoms with Crippen LogP contribution >= 0.6 is 0 Å². The van der Waals surface area contributed by atoms with Crippen molar-refractivity contribution in [2.24, 2.45) is 0 Å². The number of halogens is 1. The average Bonchev–Trinajstić information content (AvgIpc) is 3.19. The Morgan fingerprint density at radius 3 is 2.69 bits per heavy atom. The van der Waals surface area contributed by atoms with Crippen LogP contribution in [0.5, 0.6) is 0 Å². The number of anilines is 1. The van der Waals surface area contributed by atoms with Crippen LogP contribution in [0.2, 0.25) is 19.1 Å². The Hall–Kier alpha value is -2.71. The lowest BCUT2D eigenvalue weighted by atomic mass is 10.0. The maximum Gasteiger partial charge on any atom is 0.256 e. The van der Waals surface area contributed by atoms with Crippen LogP contribution in [0.1, 0.15) is 39.8 Å². The first-order chi connectivity index (χ1) is 15.2. The molecule has 1 aliphatic rings. The van der Waals surface area contributed by atoms with Crippen molar-refractivity contribution in [2.45, 2.75) is 39.9 Å². The van der Waals surface area contributed by atoms with Gasteiger partial charge in [-0.3, -0.25) is 9.59 Å². The standard InChI is InChI=1S/C24H32FN4O2Si/c1-6-29(11-12-32(4)5)10-9-26-24(31)22-15(2)21(27-16(22)3)14-19-18-13-17(25)7-8-20(18)28-23(19)30/h7-8,13-14,27H,6,9-12H2,1-5H3,(H,26,31)(H,28,30)/b19-14-. The van der Waals surface area contributed by atoms with E-state index in [1.54, 1.807) is 12.1 Å². The van der Waals surface area contributed by atoms with Crippen LogP contribution < -0.4 is 10.6 Å². The third kappa shape index (κ3) is 5.36. The van der Waals surface area contributed by atoms with Crippen LogP contribution in [0.25, 0.3) is 11.6 Å². The zero-order valence-electron chi connectivity index (χ0n) is 19.5. The van der Waals surface area contributed by atoms with Gasteiger partial charge in [-0.1, -0.05) is 20.0 Å². The quantitative estimate of drug-likeness (QED) is 0.394. The molecule has 2 amide bonds. The van der Waals surface area contributed by atoms with Crippen molar-refractivity contribution in [2.75, 3.05) is 31.5 Å². The van der Waals surface area contributed by atoms with Crippen LogP contribution in [-0.4, -0.2) is 56.7 Å². The lowest BCUT2D eigenvalue weighted by Gasteiger charge is -2.21. The predicted molar refractivity (Wildman–Crippen MR) is 130 cm³/mol. The molecule has 8 heteroatoms. The Bertz CT molecular complexity index is 1040. The number of fused-ring (bicyclic) bond motifs is 1. The Morgan fingerprint density at radius 2 is 2.00 bits per heavy atom. The van der Waals surface area contributed by atoms with E-state index in [-0.39, 0.29) is 20.6 Å². The van der Waals surface area contributed by atoms with Gasteiger partial charge in [0.25, 0.3) is 11.8 Å². The zero-order valence-corrected chi connectivity index (χ0v) is 20.5. The Kier molecular flexibility index (Phi) is 7.68. The number of rotatable bonds is 9. The van der Waals surface area contributed by atoms with E-state index < -0.39 is 5.82 Å². The lowest BCUT2D eigenvalue weighted by molar-refractivity contribution is -0.110. The highest BCUT2D eigenvalue weighted by Gasteiger charge is 2.26. The molecule has 1 aliphatic heterocycles. The van der Waals surface area contributed by atoms with E-state index in [0.29, 0.717) is 34.6 Å². The predicted octanol–water partition coefficient (Wildman–Crippen LogP) is 4.07. The van der Waals surface area contributed by atoms with Crippen molar-refractivity contribution in [3.05, 3.63) is 52.1 Å². The molecule has 2 heterocycles. The summed E-state index contributed by atoms with van der Waals surface area (Å²) in [6.07, 6.45) is 1.69. The number of aromatic amines is 1.